The topological polar surface area (TPSA) is 94.5 Å². The van der Waals surface area contributed by atoms with Crippen LogP contribution in [0.2, 0.25) is 0 Å². The zero-order valence-corrected chi connectivity index (χ0v) is 5.62. The van der Waals surface area contributed by atoms with Crippen LogP contribution in [0.25, 0.3) is 0 Å². The summed E-state index contributed by atoms with van der Waals surface area (Å²) in [4.78, 5) is 0. The van der Waals surface area contributed by atoms with Crippen molar-refractivity contribution >= 4 is 0 Å². The van der Waals surface area contributed by atoms with Gasteiger partial charge in [-0.3, -0.25) is 0 Å². The molecular weight excluding hydrogens is 87.1 g/mol. The molecule has 0 aromatic carbocycles. The van der Waals surface area contributed by atoms with Crippen LogP contribution in [0.1, 0.15) is 0 Å². The molecule has 0 aromatic heterocycles. The summed E-state index contributed by atoms with van der Waals surface area (Å²) < 4.78 is 0. The molecule has 0 unspecified atom stereocenters. The van der Waals surface area contributed by atoms with Crippen LogP contribution in [-0.4, -0.2) is 16.4 Å². The van der Waals surface area contributed by atoms with E-state index in [1.54, 1.807) is 0 Å². The van der Waals surface area contributed by atoms with Gasteiger partial charge in [-0.2, -0.15) is 0 Å². The quantitative estimate of drug-likeness (QED) is 0.267. The molecule has 24 valence electrons. The van der Waals surface area contributed by atoms with Crippen molar-refractivity contribution in [2.45, 2.75) is 0 Å². The Bertz CT molecular complexity index is 3.25. The second-order valence-electron chi connectivity index (χ2n) is 0. The maximum absolute atomic E-state index is 0. The summed E-state index contributed by atoms with van der Waals surface area (Å²) >= 11 is 0. The predicted molar refractivity (Wildman–Crippen MR) is 10.8 cm³/mol. The molecule has 0 saturated carbocycles. The van der Waals surface area contributed by atoms with E-state index < -0.39 is 0 Å². The predicted octanol–water partition coefficient (Wildman–Crippen LogP) is -5.47. The second-order valence-corrected chi connectivity index (χ2v) is 0. The molecule has 0 spiro atoms. The molecule has 0 aliphatic rings. The maximum Gasteiger partial charge on any atom is 1.00 e. The van der Waals surface area contributed by atoms with Gasteiger partial charge in [0.05, 0.1) is 0 Å². The van der Waals surface area contributed by atoms with E-state index in [4.69, 9.17) is 0 Å². The van der Waals surface area contributed by atoms with E-state index in [0.29, 0.717) is 0 Å². The summed E-state index contributed by atoms with van der Waals surface area (Å²) in [6.07, 6.45) is 0. The van der Waals surface area contributed by atoms with Gasteiger partial charge >= 0.3 is 51.4 Å². The summed E-state index contributed by atoms with van der Waals surface area (Å²) in [5.74, 6) is 0. The molecule has 6 N–H and O–H groups in total. The minimum absolute atomic E-state index is 0. The summed E-state index contributed by atoms with van der Waals surface area (Å²) in [6.45, 7) is 0. The zero-order chi connectivity index (χ0) is 0. The molecule has 0 rings (SSSR count). The van der Waals surface area contributed by atoms with Crippen molar-refractivity contribution in [1.82, 2.24) is 0 Å². The van der Waals surface area contributed by atoms with Crippen molar-refractivity contribution in [2.24, 2.45) is 0 Å². The molecule has 0 aliphatic carbocycles. The monoisotopic (exact) mass is 93.0 g/mol. The molecule has 0 radical (unpaired) electrons. The Balaban J connectivity index is 0. The molecule has 0 heterocycles. The molecule has 0 saturated heterocycles. The van der Waals surface area contributed by atoms with Gasteiger partial charge in [0.2, 0.25) is 0 Å². The molecule has 0 fully saturated rings. The van der Waals surface area contributed by atoms with E-state index in [9.17, 15) is 0 Å². The van der Waals surface area contributed by atoms with Crippen molar-refractivity contribution in [3.05, 3.63) is 0 Å². The Morgan fingerprint density at radius 2 is 0.500 bits per heavy atom. The molecule has 4 heavy (non-hydrogen) atoms. The van der Waals surface area contributed by atoms with Gasteiger partial charge in [0.25, 0.3) is 0 Å². The van der Waals surface area contributed by atoms with E-state index in [2.05, 4.69) is 0 Å². The third-order valence-corrected chi connectivity index (χ3v) is 0. The Kier molecular flexibility index (Phi) is 297. The Morgan fingerprint density at radius 1 is 0.500 bits per heavy atom. The normalized spacial score (nSPS) is 0. The van der Waals surface area contributed by atoms with Gasteiger partial charge in [0.1, 0.15) is 0 Å². The summed E-state index contributed by atoms with van der Waals surface area (Å²) in [7, 11) is 0. The van der Waals surface area contributed by atoms with Gasteiger partial charge in [-0.05, 0) is 0 Å². The van der Waals surface area contributed by atoms with Crippen LogP contribution in [0, 0.1) is 0 Å². The second kappa shape index (κ2) is 24.3. The maximum atomic E-state index is 0. The average Bonchev–Trinajstić information content (AvgIpc) is 0. The molecule has 0 aromatic rings. The van der Waals surface area contributed by atoms with Crippen LogP contribution in [0.5, 0.6) is 0 Å². The largest absolute Gasteiger partial charge is 1.00 e. The molecular formula is H6KO3+. The number of hydrogen-bond acceptors (Lipinski definition) is 0. The molecule has 3 nitrogen and oxygen atoms in total. The minimum atomic E-state index is 0. The Morgan fingerprint density at radius 3 is 0.500 bits per heavy atom. The van der Waals surface area contributed by atoms with Crippen LogP contribution in [-0.2, 0) is 0 Å². The first-order chi connectivity index (χ1) is 0. The summed E-state index contributed by atoms with van der Waals surface area (Å²) in [5.41, 5.74) is 0. The van der Waals surface area contributed by atoms with E-state index in [1.165, 1.54) is 0 Å². The number of hydrogen-bond donors (Lipinski definition) is 0. The van der Waals surface area contributed by atoms with Gasteiger partial charge in [0, 0.05) is 0 Å². The van der Waals surface area contributed by atoms with Crippen LogP contribution in [0.15, 0.2) is 0 Å². The molecule has 0 aliphatic heterocycles. The average molecular weight is 93.1 g/mol. The molecule has 4 heteroatoms. The van der Waals surface area contributed by atoms with Crippen LogP contribution in [0.4, 0.5) is 0 Å². The van der Waals surface area contributed by atoms with Crippen molar-refractivity contribution < 1.29 is 67.8 Å². The zero-order valence-electron chi connectivity index (χ0n) is 2.50. The smallest absolute Gasteiger partial charge is 0.412 e. The van der Waals surface area contributed by atoms with Crippen LogP contribution < -0.4 is 51.4 Å². The molecule has 0 bridgehead atoms. The fraction of sp³-hybridized carbons (Fsp3) is 0. The molecule has 0 atom stereocenters. The third-order valence-electron chi connectivity index (χ3n) is 0. The van der Waals surface area contributed by atoms with Crippen molar-refractivity contribution in [1.29, 1.82) is 0 Å². The first-order valence-electron chi connectivity index (χ1n) is 0. The van der Waals surface area contributed by atoms with Crippen LogP contribution >= 0.6 is 0 Å². The van der Waals surface area contributed by atoms with Crippen molar-refractivity contribution in [3.63, 3.8) is 0 Å². The fourth-order valence-electron chi connectivity index (χ4n) is 0. The third kappa shape index (κ3) is 9.68. The number of rotatable bonds is 0. The van der Waals surface area contributed by atoms with E-state index >= 15 is 0 Å². The van der Waals surface area contributed by atoms with Gasteiger partial charge in [-0.25, -0.2) is 0 Å². The first kappa shape index (κ1) is 48.9. The fourth-order valence-corrected chi connectivity index (χ4v) is 0. The Labute approximate surface area is 66.7 Å². The van der Waals surface area contributed by atoms with E-state index in [0.717, 1.165) is 0 Å². The Hall–Kier alpha value is 1.52. The first-order valence-corrected chi connectivity index (χ1v) is 0. The van der Waals surface area contributed by atoms with E-state index in [1.807, 2.05) is 0 Å². The van der Waals surface area contributed by atoms with Gasteiger partial charge < -0.3 is 16.4 Å². The standard InChI is InChI=1S/K.3H2O/h;3*1H2/q+1;;;. The van der Waals surface area contributed by atoms with Gasteiger partial charge in [-0.1, -0.05) is 0 Å². The van der Waals surface area contributed by atoms with Gasteiger partial charge in [0.15, 0.2) is 0 Å². The summed E-state index contributed by atoms with van der Waals surface area (Å²) in [6, 6.07) is 0. The van der Waals surface area contributed by atoms with Crippen molar-refractivity contribution in [3.8, 4) is 0 Å². The van der Waals surface area contributed by atoms with Gasteiger partial charge in [-0.15, -0.1) is 0 Å². The van der Waals surface area contributed by atoms with E-state index in [-0.39, 0.29) is 67.8 Å². The SMILES string of the molecule is O.O.O.[K+]. The molecule has 0 amide bonds. The summed E-state index contributed by atoms with van der Waals surface area (Å²) in [5, 5.41) is 0. The minimum Gasteiger partial charge on any atom is -0.412 e. The van der Waals surface area contributed by atoms with Crippen LogP contribution in [0.3, 0.4) is 0 Å². The van der Waals surface area contributed by atoms with Crippen molar-refractivity contribution in [2.75, 3.05) is 0 Å².